The number of hydrogen-bond acceptors (Lipinski definition) is 3. The Morgan fingerprint density at radius 1 is 1.20 bits per heavy atom. The highest BCUT2D eigenvalue weighted by Gasteiger charge is 2.35. The van der Waals surface area contributed by atoms with E-state index >= 15 is 0 Å². The summed E-state index contributed by atoms with van der Waals surface area (Å²) in [6.45, 7) is 2.58. The van der Waals surface area contributed by atoms with Crippen LogP contribution in [0.25, 0.3) is 0 Å². The van der Waals surface area contributed by atoms with Crippen molar-refractivity contribution in [2.24, 2.45) is 4.99 Å². The Balaban J connectivity index is 1.96. The highest BCUT2D eigenvalue weighted by Crippen LogP contribution is 2.33. The number of aliphatic imine (C=N–C) groups is 1. The fraction of sp³-hybridized carbons (Fsp3) is 0.222. The van der Waals surface area contributed by atoms with Gasteiger partial charge in [0, 0.05) is 0 Å². The largest absolute Gasteiger partial charge is 0.475 e. The molecule has 1 aliphatic rings. The van der Waals surface area contributed by atoms with E-state index in [9.17, 15) is 18.0 Å². The molecule has 0 aromatic heterocycles. The molecule has 1 N–H and O–H groups in total. The van der Waals surface area contributed by atoms with E-state index < -0.39 is 23.2 Å². The van der Waals surface area contributed by atoms with Crippen LogP contribution in [0.3, 0.4) is 0 Å². The number of para-hydroxylation sites is 1. The van der Waals surface area contributed by atoms with E-state index in [2.05, 4.69) is 10.3 Å². The zero-order valence-electron chi connectivity index (χ0n) is 13.4. The van der Waals surface area contributed by atoms with Crippen molar-refractivity contribution < 1.29 is 22.7 Å². The first-order valence-electron chi connectivity index (χ1n) is 7.62. The van der Waals surface area contributed by atoms with Gasteiger partial charge in [-0.25, -0.2) is 4.99 Å². The summed E-state index contributed by atoms with van der Waals surface area (Å²) in [5.41, 5.74) is 0.0615. The number of halogens is 3. The number of alkyl halides is 3. The SMILES string of the molecule is Cc1ccc(C(F)(F)F)c(C(=O)Nc2ccccc2C2=NCCO2)c1. The van der Waals surface area contributed by atoms with Crippen LogP contribution in [0.4, 0.5) is 18.9 Å². The third-order valence-electron chi connectivity index (χ3n) is 3.72. The molecule has 1 amide bonds. The average Bonchev–Trinajstić information content (AvgIpc) is 3.08. The summed E-state index contributed by atoms with van der Waals surface area (Å²) in [5.74, 6) is -0.460. The molecule has 0 aliphatic carbocycles. The van der Waals surface area contributed by atoms with E-state index in [0.29, 0.717) is 35.9 Å². The second kappa shape index (κ2) is 6.58. The predicted molar refractivity (Wildman–Crippen MR) is 87.9 cm³/mol. The molecule has 2 aromatic rings. The van der Waals surface area contributed by atoms with Crippen molar-refractivity contribution in [3.63, 3.8) is 0 Å². The summed E-state index contributed by atoms with van der Waals surface area (Å²) >= 11 is 0. The molecule has 0 atom stereocenters. The van der Waals surface area contributed by atoms with Crippen LogP contribution in [0.2, 0.25) is 0 Å². The number of rotatable bonds is 3. The normalized spacial score (nSPS) is 14.0. The third-order valence-corrected chi connectivity index (χ3v) is 3.72. The van der Waals surface area contributed by atoms with Gasteiger partial charge < -0.3 is 10.1 Å². The summed E-state index contributed by atoms with van der Waals surface area (Å²) in [7, 11) is 0. The van der Waals surface area contributed by atoms with Gasteiger partial charge >= 0.3 is 6.18 Å². The number of benzene rings is 2. The van der Waals surface area contributed by atoms with Gasteiger partial charge in [0.05, 0.1) is 28.9 Å². The molecule has 0 saturated heterocycles. The monoisotopic (exact) mass is 348 g/mol. The molecule has 0 radical (unpaired) electrons. The molecule has 130 valence electrons. The van der Waals surface area contributed by atoms with Crippen molar-refractivity contribution in [2.75, 3.05) is 18.5 Å². The first kappa shape index (κ1) is 17.0. The minimum absolute atomic E-state index is 0.350. The summed E-state index contributed by atoms with van der Waals surface area (Å²) in [6.07, 6.45) is -4.61. The smallest absolute Gasteiger partial charge is 0.417 e. The summed E-state index contributed by atoms with van der Waals surface area (Å²) in [5, 5.41) is 2.54. The van der Waals surface area contributed by atoms with Crippen LogP contribution >= 0.6 is 0 Å². The Bertz CT molecular complexity index is 844. The van der Waals surface area contributed by atoms with Crippen LogP contribution in [-0.4, -0.2) is 25.0 Å². The van der Waals surface area contributed by atoms with Gasteiger partial charge in [-0.3, -0.25) is 4.79 Å². The van der Waals surface area contributed by atoms with E-state index in [4.69, 9.17) is 4.74 Å². The number of aryl methyl sites for hydroxylation is 1. The Kier molecular flexibility index (Phi) is 4.48. The first-order chi connectivity index (χ1) is 11.9. The molecule has 0 bridgehead atoms. The van der Waals surface area contributed by atoms with Crippen LogP contribution in [0.1, 0.15) is 27.0 Å². The highest BCUT2D eigenvalue weighted by atomic mass is 19.4. The number of carbonyl (C=O) groups is 1. The van der Waals surface area contributed by atoms with Gasteiger partial charge in [-0.05, 0) is 31.2 Å². The van der Waals surface area contributed by atoms with E-state index in [0.717, 1.165) is 6.07 Å². The van der Waals surface area contributed by atoms with Gasteiger partial charge in [0.15, 0.2) is 0 Å². The van der Waals surface area contributed by atoms with Gasteiger partial charge in [-0.2, -0.15) is 13.2 Å². The number of nitrogens with zero attached hydrogens (tertiary/aromatic N) is 1. The Labute approximate surface area is 142 Å². The lowest BCUT2D eigenvalue weighted by Crippen LogP contribution is -2.20. The Morgan fingerprint density at radius 2 is 1.96 bits per heavy atom. The quantitative estimate of drug-likeness (QED) is 0.910. The molecular weight excluding hydrogens is 333 g/mol. The highest BCUT2D eigenvalue weighted by molar-refractivity contribution is 6.09. The molecule has 1 aliphatic heterocycles. The van der Waals surface area contributed by atoms with E-state index in [-0.39, 0.29) is 0 Å². The number of amides is 1. The van der Waals surface area contributed by atoms with Gasteiger partial charge in [0.25, 0.3) is 5.91 Å². The first-order valence-corrected chi connectivity index (χ1v) is 7.62. The van der Waals surface area contributed by atoms with Gasteiger partial charge in [0.1, 0.15) is 6.61 Å². The van der Waals surface area contributed by atoms with E-state index in [1.807, 2.05) is 0 Å². The lowest BCUT2D eigenvalue weighted by molar-refractivity contribution is -0.137. The second-order valence-corrected chi connectivity index (χ2v) is 5.58. The molecular formula is C18H15F3N2O2. The second-order valence-electron chi connectivity index (χ2n) is 5.58. The van der Waals surface area contributed by atoms with Crippen molar-refractivity contribution in [3.8, 4) is 0 Å². The minimum atomic E-state index is -4.61. The maximum atomic E-state index is 13.2. The van der Waals surface area contributed by atoms with Crippen LogP contribution in [0.5, 0.6) is 0 Å². The molecule has 0 saturated carbocycles. The van der Waals surface area contributed by atoms with Gasteiger partial charge in [-0.15, -0.1) is 0 Å². The summed E-state index contributed by atoms with van der Waals surface area (Å²) in [6, 6.07) is 10.2. The van der Waals surface area contributed by atoms with Crippen molar-refractivity contribution >= 4 is 17.5 Å². The maximum absolute atomic E-state index is 13.2. The molecule has 2 aromatic carbocycles. The third kappa shape index (κ3) is 3.65. The van der Waals surface area contributed by atoms with Crippen molar-refractivity contribution in [1.29, 1.82) is 0 Å². The molecule has 0 unspecified atom stereocenters. The minimum Gasteiger partial charge on any atom is -0.475 e. The number of anilines is 1. The number of ether oxygens (including phenoxy) is 1. The van der Waals surface area contributed by atoms with Crippen molar-refractivity contribution in [1.82, 2.24) is 0 Å². The van der Waals surface area contributed by atoms with E-state index in [1.165, 1.54) is 12.1 Å². The maximum Gasteiger partial charge on any atom is 0.417 e. The number of carbonyl (C=O) groups excluding carboxylic acids is 1. The fourth-order valence-corrected chi connectivity index (χ4v) is 2.56. The molecule has 3 rings (SSSR count). The predicted octanol–water partition coefficient (Wildman–Crippen LogP) is 4.04. The Morgan fingerprint density at radius 3 is 2.64 bits per heavy atom. The van der Waals surface area contributed by atoms with Gasteiger partial charge in [0.2, 0.25) is 5.90 Å². The lowest BCUT2D eigenvalue weighted by Gasteiger charge is -2.15. The average molecular weight is 348 g/mol. The molecule has 0 fully saturated rings. The van der Waals surface area contributed by atoms with Crippen LogP contribution in [-0.2, 0) is 10.9 Å². The van der Waals surface area contributed by atoms with E-state index in [1.54, 1.807) is 31.2 Å². The summed E-state index contributed by atoms with van der Waals surface area (Å²) < 4.78 is 44.9. The number of hydrogen-bond donors (Lipinski definition) is 1. The number of nitrogens with one attached hydrogen (secondary N) is 1. The molecule has 25 heavy (non-hydrogen) atoms. The Hall–Kier alpha value is -2.83. The molecule has 7 heteroatoms. The van der Waals surface area contributed by atoms with Crippen LogP contribution in [0, 0.1) is 6.92 Å². The fourth-order valence-electron chi connectivity index (χ4n) is 2.56. The zero-order valence-corrected chi connectivity index (χ0v) is 13.4. The summed E-state index contributed by atoms with van der Waals surface area (Å²) in [4.78, 5) is 16.7. The molecule has 0 spiro atoms. The van der Waals surface area contributed by atoms with Crippen LogP contribution < -0.4 is 5.32 Å². The zero-order chi connectivity index (χ0) is 18.0. The van der Waals surface area contributed by atoms with Crippen LogP contribution in [0.15, 0.2) is 47.5 Å². The van der Waals surface area contributed by atoms with Crippen molar-refractivity contribution in [3.05, 3.63) is 64.7 Å². The van der Waals surface area contributed by atoms with Gasteiger partial charge in [-0.1, -0.05) is 23.8 Å². The molecule has 1 heterocycles. The molecule has 4 nitrogen and oxygen atoms in total. The standard InChI is InChI=1S/C18H15F3N2O2/c1-11-6-7-14(18(19,20)21)13(10-11)16(24)23-15-5-3-2-4-12(15)17-22-8-9-25-17/h2-7,10H,8-9H2,1H3,(H,23,24). The topological polar surface area (TPSA) is 50.7 Å². The van der Waals surface area contributed by atoms with Crippen molar-refractivity contribution in [2.45, 2.75) is 13.1 Å². The lowest BCUT2D eigenvalue weighted by atomic mass is 10.0.